The maximum absolute atomic E-state index is 9.11. The van der Waals surface area contributed by atoms with E-state index in [1.54, 1.807) is 0 Å². The summed E-state index contributed by atoms with van der Waals surface area (Å²) in [4.78, 5) is 0. The summed E-state index contributed by atoms with van der Waals surface area (Å²) in [6, 6.07) is 1.33. The minimum Gasteiger partial charge on any atom is -0.394 e. The van der Waals surface area contributed by atoms with Crippen molar-refractivity contribution in [3.05, 3.63) is 17.5 Å². The van der Waals surface area contributed by atoms with Crippen LogP contribution in [0.2, 0.25) is 0 Å². The molecule has 5 heteroatoms. The first-order valence-corrected chi connectivity index (χ1v) is 7.95. The number of rotatable bonds is 4. The van der Waals surface area contributed by atoms with Crippen LogP contribution < -0.4 is 11.1 Å². The first kappa shape index (κ1) is 14.0. The Balaban J connectivity index is 1.70. The van der Waals surface area contributed by atoms with Crippen molar-refractivity contribution in [2.75, 3.05) is 6.61 Å². The van der Waals surface area contributed by atoms with Crippen molar-refractivity contribution in [2.24, 2.45) is 5.73 Å². The van der Waals surface area contributed by atoms with Crippen LogP contribution in [-0.4, -0.2) is 33.6 Å². The lowest BCUT2D eigenvalue weighted by Crippen LogP contribution is -2.41. The van der Waals surface area contributed by atoms with Crippen molar-refractivity contribution in [3.63, 3.8) is 0 Å². The Kier molecular flexibility index (Phi) is 4.38. The minimum absolute atomic E-state index is 0.156. The summed E-state index contributed by atoms with van der Waals surface area (Å²) in [6.45, 7) is 0.764. The van der Waals surface area contributed by atoms with Gasteiger partial charge in [-0.3, -0.25) is 4.68 Å². The number of nitrogens with zero attached hydrogens (tertiary/aromatic N) is 2. The lowest BCUT2D eigenvalue weighted by atomic mass is 9.88. The smallest absolute Gasteiger partial charge is 0.0644 e. The highest BCUT2D eigenvalue weighted by atomic mass is 16.3. The second-order valence-electron chi connectivity index (χ2n) is 6.23. The third-order valence-electron chi connectivity index (χ3n) is 4.73. The van der Waals surface area contributed by atoms with Crippen LogP contribution >= 0.6 is 0 Å². The maximum Gasteiger partial charge on any atom is 0.0644 e. The topological polar surface area (TPSA) is 76.1 Å². The predicted octanol–water partition coefficient (Wildman–Crippen LogP) is 1.11. The average Bonchev–Trinajstić information content (AvgIpc) is 2.84. The van der Waals surface area contributed by atoms with Gasteiger partial charge < -0.3 is 16.2 Å². The van der Waals surface area contributed by atoms with Crippen molar-refractivity contribution < 1.29 is 5.11 Å². The molecule has 3 rings (SSSR count). The van der Waals surface area contributed by atoms with Crippen LogP contribution in [0.25, 0.3) is 0 Å². The van der Waals surface area contributed by atoms with Gasteiger partial charge in [0.25, 0.3) is 0 Å². The van der Waals surface area contributed by atoms with E-state index in [1.165, 1.54) is 43.4 Å². The molecule has 1 aromatic rings. The highest BCUT2D eigenvalue weighted by molar-refractivity contribution is 5.25. The molecule has 1 heterocycles. The molecule has 0 aromatic carbocycles. The van der Waals surface area contributed by atoms with E-state index in [2.05, 4.69) is 10.4 Å². The third kappa shape index (κ3) is 2.90. The van der Waals surface area contributed by atoms with Gasteiger partial charge in [-0.1, -0.05) is 6.42 Å². The Morgan fingerprint density at radius 3 is 3.05 bits per heavy atom. The van der Waals surface area contributed by atoms with E-state index in [0.717, 1.165) is 12.8 Å². The molecule has 1 saturated carbocycles. The van der Waals surface area contributed by atoms with Crippen LogP contribution in [0.15, 0.2) is 6.20 Å². The molecule has 5 nitrogen and oxygen atoms in total. The molecule has 1 aromatic heterocycles. The Labute approximate surface area is 120 Å². The van der Waals surface area contributed by atoms with Gasteiger partial charge in [0.2, 0.25) is 0 Å². The number of nitrogens with two attached hydrogens (primary N) is 1. The molecule has 0 spiro atoms. The van der Waals surface area contributed by atoms with Crippen LogP contribution in [0.5, 0.6) is 0 Å². The van der Waals surface area contributed by atoms with Crippen LogP contribution in [0.3, 0.4) is 0 Å². The fourth-order valence-corrected chi connectivity index (χ4v) is 3.74. The molecule has 3 unspecified atom stereocenters. The summed E-state index contributed by atoms with van der Waals surface area (Å²) in [5, 5.41) is 17.3. The number of aliphatic hydroxyl groups excluding tert-OH is 1. The SMILES string of the molecule is NC1CCCC(NC2CCCc3c2cnn3CCO)C1. The van der Waals surface area contributed by atoms with Gasteiger partial charge in [-0.15, -0.1) is 0 Å². The zero-order valence-electron chi connectivity index (χ0n) is 12.1. The largest absolute Gasteiger partial charge is 0.394 e. The molecule has 20 heavy (non-hydrogen) atoms. The van der Waals surface area contributed by atoms with Gasteiger partial charge >= 0.3 is 0 Å². The second kappa shape index (κ2) is 6.24. The van der Waals surface area contributed by atoms with Gasteiger partial charge in [-0.2, -0.15) is 5.10 Å². The minimum atomic E-state index is 0.156. The quantitative estimate of drug-likeness (QED) is 0.771. The Bertz CT molecular complexity index is 445. The van der Waals surface area contributed by atoms with E-state index in [-0.39, 0.29) is 6.61 Å². The van der Waals surface area contributed by atoms with Gasteiger partial charge in [-0.05, 0) is 38.5 Å². The molecule has 0 radical (unpaired) electrons. The van der Waals surface area contributed by atoms with Gasteiger partial charge in [0.15, 0.2) is 0 Å². The highest BCUT2D eigenvalue weighted by Gasteiger charge is 2.27. The molecule has 1 fully saturated rings. The third-order valence-corrected chi connectivity index (χ3v) is 4.73. The van der Waals surface area contributed by atoms with Crippen LogP contribution in [0.1, 0.15) is 55.8 Å². The highest BCUT2D eigenvalue weighted by Crippen LogP contribution is 2.31. The fraction of sp³-hybridized carbons (Fsp3) is 0.800. The summed E-state index contributed by atoms with van der Waals surface area (Å²) < 4.78 is 1.97. The molecule has 4 N–H and O–H groups in total. The standard InChI is InChI=1S/C15H26N4O/c16-11-3-1-4-12(9-11)18-14-5-2-6-15-13(14)10-17-19(15)7-8-20/h10-12,14,18,20H,1-9,16H2. The summed E-state index contributed by atoms with van der Waals surface area (Å²) in [5.74, 6) is 0. The van der Waals surface area contributed by atoms with Gasteiger partial charge in [0.1, 0.15) is 0 Å². The van der Waals surface area contributed by atoms with Crippen LogP contribution in [0, 0.1) is 0 Å². The average molecular weight is 278 g/mol. The normalized spacial score (nSPS) is 30.2. The number of hydrogen-bond donors (Lipinski definition) is 3. The molecule has 0 aliphatic heterocycles. The second-order valence-corrected chi connectivity index (χ2v) is 6.23. The molecular weight excluding hydrogens is 252 g/mol. The van der Waals surface area contributed by atoms with E-state index in [1.807, 2.05) is 10.9 Å². The van der Waals surface area contributed by atoms with E-state index >= 15 is 0 Å². The van der Waals surface area contributed by atoms with Crippen LogP contribution in [0.4, 0.5) is 0 Å². The van der Waals surface area contributed by atoms with Gasteiger partial charge in [-0.25, -0.2) is 0 Å². The number of fused-ring (bicyclic) bond motifs is 1. The van der Waals surface area contributed by atoms with E-state index in [9.17, 15) is 0 Å². The maximum atomic E-state index is 9.11. The predicted molar refractivity (Wildman–Crippen MR) is 78.4 cm³/mol. The Morgan fingerprint density at radius 1 is 1.35 bits per heavy atom. The molecular formula is C15H26N4O. The summed E-state index contributed by atoms with van der Waals surface area (Å²) in [7, 11) is 0. The van der Waals surface area contributed by atoms with E-state index in [0.29, 0.717) is 24.7 Å². The summed E-state index contributed by atoms with van der Waals surface area (Å²) in [5.41, 5.74) is 8.73. The molecule has 0 bridgehead atoms. The number of hydrogen-bond acceptors (Lipinski definition) is 4. The van der Waals surface area contributed by atoms with Crippen molar-refractivity contribution >= 4 is 0 Å². The van der Waals surface area contributed by atoms with Gasteiger partial charge in [0.05, 0.1) is 19.3 Å². The molecule has 112 valence electrons. The number of aromatic nitrogens is 2. The molecule has 0 amide bonds. The lowest BCUT2D eigenvalue weighted by Gasteiger charge is -2.33. The Hall–Kier alpha value is -0.910. The zero-order chi connectivity index (χ0) is 13.9. The van der Waals surface area contributed by atoms with Crippen molar-refractivity contribution in [2.45, 2.75) is 69.6 Å². The first-order chi connectivity index (χ1) is 9.78. The van der Waals surface area contributed by atoms with Crippen molar-refractivity contribution in [1.29, 1.82) is 0 Å². The molecule has 0 saturated heterocycles. The number of nitrogens with one attached hydrogen (secondary N) is 1. The molecule has 2 aliphatic rings. The summed E-state index contributed by atoms with van der Waals surface area (Å²) >= 11 is 0. The van der Waals surface area contributed by atoms with E-state index < -0.39 is 0 Å². The van der Waals surface area contributed by atoms with Crippen molar-refractivity contribution in [1.82, 2.24) is 15.1 Å². The first-order valence-electron chi connectivity index (χ1n) is 7.95. The Morgan fingerprint density at radius 2 is 2.25 bits per heavy atom. The summed E-state index contributed by atoms with van der Waals surface area (Å²) in [6.07, 6.45) is 10.2. The van der Waals surface area contributed by atoms with E-state index in [4.69, 9.17) is 10.8 Å². The molecule has 3 atom stereocenters. The molecule has 2 aliphatic carbocycles. The zero-order valence-corrected chi connectivity index (χ0v) is 12.1. The monoisotopic (exact) mass is 278 g/mol. The van der Waals surface area contributed by atoms with Crippen molar-refractivity contribution in [3.8, 4) is 0 Å². The van der Waals surface area contributed by atoms with Crippen LogP contribution in [-0.2, 0) is 13.0 Å². The fourth-order valence-electron chi connectivity index (χ4n) is 3.74. The lowest BCUT2D eigenvalue weighted by molar-refractivity contribution is 0.265. The van der Waals surface area contributed by atoms with Gasteiger partial charge in [0, 0.05) is 29.4 Å². The number of aliphatic hydroxyl groups is 1.